The zero-order valence-electron chi connectivity index (χ0n) is 13.3. The quantitative estimate of drug-likeness (QED) is 0.423. The molecule has 0 bridgehead atoms. The zero-order valence-corrected chi connectivity index (χ0v) is 13.3. The van der Waals surface area contributed by atoms with E-state index in [2.05, 4.69) is 32.0 Å². The lowest BCUT2D eigenvalue weighted by atomic mass is 9.95. The van der Waals surface area contributed by atoms with E-state index in [1.165, 1.54) is 43.1 Å². The number of hydrogen-bond acceptors (Lipinski definition) is 1. The molecule has 2 aromatic carbocycles. The van der Waals surface area contributed by atoms with E-state index in [1.807, 2.05) is 18.2 Å². The van der Waals surface area contributed by atoms with Crippen LogP contribution >= 0.6 is 0 Å². The summed E-state index contributed by atoms with van der Waals surface area (Å²) in [5.74, 6) is 0.293. The molecule has 0 spiro atoms. The molecule has 0 amide bonds. The number of hydrogen-bond donors (Lipinski definition) is 0. The maximum atomic E-state index is 12.5. The first-order chi connectivity index (χ1) is 10.2. The smallest absolute Gasteiger partial charge is 0.163 e. The second kappa shape index (κ2) is 7.97. The maximum absolute atomic E-state index is 12.5. The summed E-state index contributed by atoms with van der Waals surface area (Å²) in [4.78, 5) is 12.5. The summed E-state index contributed by atoms with van der Waals surface area (Å²) < 4.78 is 0. The maximum Gasteiger partial charge on any atom is 0.163 e. The van der Waals surface area contributed by atoms with Gasteiger partial charge in [-0.15, -0.1) is 0 Å². The van der Waals surface area contributed by atoms with E-state index in [0.29, 0.717) is 12.2 Å². The van der Waals surface area contributed by atoms with Crippen molar-refractivity contribution in [3.63, 3.8) is 0 Å². The third-order valence-electron chi connectivity index (χ3n) is 4.20. The van der Waals surface area contributed by atoms with Crippen LogP contribution in [-0.4, -0.2) is 5.78 Å². The highest BCUT2D eigenvalue weighted by Crippen LogP contribution is 2.24. The second-order valence-electron chi connectivity index (χ2n) is 5.92. The molecule has 0 unspecified atom stereocenters. The highest BCUT2D eigenvalue weighted by Gasteiger charge is 2.10. The summed E-state index contributed by atoms with van der Waals surface area (Å²) >= 11 is 0. The first-order valence-corrected chi connectivity index (χ1v) is 8.25. The molecule has 1 heteroatoms. The van der Waals surface area contributed by atoms with Crippen molar-refractivity contribution in [3.8, 4) is 0 Å². The van der Waals surface area contributed by atoms with Crippen LogP contribution in [0.2, 0.25) is 0 Å². The van der Waals surface area contributed by atoms with Gasteiger partial charge < -0.3 is 0 Å². The van der Waals surface area contributed by atoms with Gasteiger partial charge in [-0.1, -0.05) is 75.4 Å². The summed E-state index contributed by atoms with van der Waals surface area (Å²) in [6, 6.07) is 12.3. The molecule has 0 fully saturated rings. The average molecular weight is 282 g/mol. The predicted octanol–water partition coefficient (Wildman–Crippen LogP) is 6.08. The van der Waals surface area contributed by atoms with Crippen molar-refractivity contribution in [3.05, 3.63) is 47.5 Å². The molecule has 0 saturated carbocycles. The second-order valence-corrected chi connectivity index (χ2v) is 5.92. The van der Waals surface area contributed by atoms with Crippen LogP contribution in [0.3, 0.4) is 0 Å². The summed E-state index contributed by atoms with van der Waals surface area (Å²) in [6.07, 6.45) is 8.03. The van der Waals surface area contributed by atoms with Crippen molar-refractivity contribution < 1.29 is 4.79 Å². The number of ketones is 1. The van der Waals surface area contributed by atoms with Gasteiger partial charge in [0.1, 0.15) is 0 Å². The van der Waals surface area contributed by atoms with Gasteiger partial charge >= 0.3 is 0 Å². The number of Topliss-reactive ketones (excluding diaryl/α,β-unsaturated/α-hetero) is 1. The van der Waals surface area contributed by atoms with Crippen LogP contribution < -0.4 is 0 Å². The van der Waals surface area contributed by atoms with Crippen LogP contribution in [0.25, 0.3) is 10.8 Å². The molecule has 0 aromatic heterocycles. The summed E-state index contributed by atoms with van der Waals surface area (Å²) in [6.45, 7) is 4.33. The molecule has 0 heterocycles. The van der Waals surface area contributed by atoms with Crippen LogP contribution in [-0.2, 0) is 0 Å². The Labute approximate surface area is 128 Å². The van der Waals surface area contributed by atoms with Gasteiger partial charge in [-0.2, -0.15) is 0 Å². The predicted molar refractivity (Wildman–Crippen MR) is 91.0 cm³/mol. The third-order valence-corrected chi connectivity index (χ3v) is 4.20. The van der Waals surface area contributed by atoms with Gasteiger partial charge in [0.05, 0.1) is 0 Å². The number of rotatable bonds is 8. The van der Waals surface area contributed by atoms with Gasteiger partial charge in [-0.3, -0.25) is 4.79 Å². The molecule has 0 aliphatic heterocycles. The van der Waals surface area contributed by atoms with Gasteiger partial charge in [0, 0.05) is 12.0 Å². The summed E-state index contributed by atoms with van der Waals surface area (Å²) in [5, 5.41) is 2.31. The minimum Gasteiger partial charge on any atom is -0.294 e. The Kier molecular flexibility index (Phi) is 5.98. The Morgan fingerprint density at radius 2 is 1.52 bits per heavy atom. The van der Waals surface area contributed by atoms with Crippen LogP contribution in [0.1, 0.15) is 67.8 Å². The molecule has 0 saturated heterocycles. The van der Waals surface area contributed by atoms with Gasteiger partial charge in [0.2, 0.25) is 0 Å². The van der Waals surface area contributed by atoms with E-state index in [-0.39, 0.29) is 0 Å². The topological polar surface area (TPSA) is 17.1 Å². The van der Waals surface area contributed by atoms with E-state index >= 15 is 0 Å². The van der Waals surface area contributed by atoms with Crippen molar-refractivity contribution in [1.82, 2.24) is 0 Å². The van der Waals surface area contributed by atoms with Gasteiger partial charge in [-0.25, -0.2) is 0 Å². The average Bonchev–Trinajstić information content (AvgIpc) is 2.51. The van der Waals surface area contributed by atoms with E-state index in [1.54, 1.807) is 0 Å². The fourth-order valence-corrected chi connectivity index (χ4v) is 2.89. The fourth-order valence-electron chi connectivity index (χ4n) is 2.89. The molecule has 0 aliphatic rings. The first kappa shape index (κ1) is 15.8. The standard InChI is InChI=1S/C20H26O/c1-3-4-5-6-7-8-13-20(21)19-15-14-16(2)17-11-9-10-12-18(17)19/h9-12,14-15H,3-8,13H2,1-2H3. The molecule has 0 N–H and O–H groups in total. The molecule has 21 heavy (non-hydrogen) atoms. The fraction of sp³-hybridized carbons (Fsp3) is 0.450. The summed E-state index contributed by atoms with van der Waals surface area (Å²) in [7, 11) is 0. The normalized spacial score (nSPS) is 11.0. The van der Waals surface area contributed by atoms with E-state index < -0.39 is 0 Å². The number of benzene rings is 2. The molecule has 1 nitrogen and oxygen atoms in total. The Bertz CT molecular complexity index is 598. The van der Waals surface area contributed by atoms with E-state index in [0.717, 1.165) is 17.4 Å². The Morgan fingerprint density at radius 3 is 2.29 bits per heavy atom. The zero-order chi connectivity index (χ0) is 15.1. The molecular weight excluding hydrogens is 256 g/mol. The molecule has 0 aliphatic carbocycles. The Hall–Kier alpha value is -1.63. The van der Waals surface area contributed by atoms with Crippen molar-refractivity contribution in [2.24, 2.45) is 0 Å². The van der Waals surface area contributed by atoms with E-state index in [9.17, 15) is 4.79 Å². The lowest BCUT2D eigenvalue weighted by Gasteiger charge is -2.08. The molecule has 2 aromatic rings. The third kappa shape index (κ3) is 4.17. The lowest BCUT2D eigenvalue weighted by molar-refractivity contribution is 0.0980. The minimum atomic E-state index is 0.293. The monoisotopic (exact) mass is 282 g/mol. The molecular formula is C20H26O. The number of fused-ring (bicyclic) bond motifs is 1. The molecule has 0 atom stereocenters. The minimum absolute atomic E-state index is 0.293. The van der Waals surface area contributed by atoms with Crippen LogP contribution in [0.15, 0.2) is 36.4 Å². The van der Waals surface area contributed by atoms with Gasteiger partial charge in [-0.05, 0) is 29.7 Å². The first-order valence-electron chi connectivity index (χ1n) is 8.25. The highest BCUT2D eigenvalue weighted by molar-refractivity contribution is 6.08. The summed E-state index contributed by atoms with van der Waals surface area (Å²) in [5.41, 5.74) is 2.13. The van der Waals surface area contributed by atoms with Crippen molar-refractivity contribution in [1.29, 1.82) is 0 Å². The van der Waals surface area contributed by atoms with E-state index in [4.69, 9.17) is 0 Å². The Morgan fingerprint density at radius 1 is 0.857 bits per heavy atom. The van der Waals surface area contributed by atoms with Crippen molar-refractivity contribution in [2.45, 2.75) is 58.8 Å². The van der Waals surface area contributed by atoms with Gasteiger partial charge in [0.15, 0.2) is 5.78 Å². The Balaban J connectivity index is 1.98. The van der Waals surface area contributed by atoms with Crippen LogP contribution in [0, 0.1) is 6.92 Å². The molecule has 0 radical (unpaired) electrons. The van der Waals surface area contributed by atoms with Crippen molar-refractivity contribution in [2.75, 3.05) is 0 Å². The van der Waals surface area contributed by atoms with Crippen molar-refractivity contribution >= 4 is 16.6 Å². The number of carbonyl (C=O) groups is 1. The van der Waals surface area contributed by atoms with Crippen LogP contribution in [0.5, 0.6) is 0 Å². The molecule has 112 valence electrons. The molecule has 2 rings (SSSR count). The number of aryl methyl sites for hydroxylation is 1. The highest BCUT2D eigenvalue weighted by atomic mass is 16.1. The van der Waals surface area contributed by atoms with Crippen LogP contribution in [0.4, 0.5) is 0 Å². The van der Waals surface area contributed by atoms with Gasteiger partial charge in [0.25, 0.3) is 0 Å². The number of unbranched alkanes of at least 4 members (excludes halogenated alkanes) is 5. The SMILES string of the molecule is CCCCCCCCC(=O)c1ccc(C)c2ccccc12. The largest absolute Gasteiger partial charge is 0.294 e. The number of carbonyl (C=O) groups excluding carboxylic acids is 1. The lowest BCUT2D eigenvalue weighted by Crippen LogP contribution is -2.00.